The fourth-order valence-corrected chi connectivity index (χ4v) is 20.8. The maximum absolute atomic E-state index is 2.92. The number of fused-ring (bicyclic) bond motifs is 12. The van der Waals surface area contributed by atoms with Crippen molar-refractivity contribution in [3.05, 3.63) is 162 Å². The van der Waals surface area contributed by atoms with Gasteiger partial charge >= 0.3 is 6.85 Å². The quantitative estimate of drug-likeness (QED) is 0.160. The monoisotopic (exact) mass is 988 g/mol. The third-order valence-electron chi connectivity index (χ3n) is 21.8. The van der Waals surface area contributed by atoms with E-state index in [1.54, 1.807) is 11.1 Å². The average molecular weight is 989 g/mol. The molecule has 0 unspecified atom stereocenters. The van der Waals surface area contributed by atoms with Crippen molar-refractivity contribution in [2.45, 2.75) is 121 Å². The summed E-state index contributed by atoms with van der Waals surface area (Å²) in [6.07, 6.45) is 17.2. The Bertz CT molecular complexity index is 4090. The van der Waals surface area contributed by atoms with Gasteiger partial charge in [-0.05, 0) is 251 Å². The molecule has 8 aromatic carbocycles. The van der Waals surface area contributed by atoms with Crippen molar-refractivity contribution >= 4 is 98.9 Å². The summed E-state index contributed by atoms with van der Waals surface area (Å²) in [6.45, 7) is 9.45. The first-order chi connectivity index (χ1) is 36.5. The van der Waals surface area contributed by atoms with Crippen molar-refractivity contribution in [2.24, 2.45) is 35.5 Å². The van der Waals surface area contributed by atoms with E-state index in [1.807, 2.05) is 11.3 Å². The van der Waals surface area contributed by atoms with Gasteiger partial charge in [0.15, 0.2) is 0 Å². The van der Waals surface area contributed by atoms with Crippen LogP contribution in [0.25, 0.3) is 75.0 Å². The van der Waals surface area contributed by atoms with Crippen LogP contribution in [0.3, 0.4) is 0 Å². The zero-order valence-corrected chi connectivity index (χ0v) is 44.9. The number of hydrogen-bond donors (Lipinski definition) is 0. The van der Waals surface area contributed by atoms with Gasteiger partial charge in [0.2, 0.25) is 0 Å². The van der Waals surface area contributed by atoms with Crippen LogP contribution in [0, 0.1) is 42.4 Å². The summed E-state index contributed by atoms with van der Waals surface area (Å²) in [4.78, 5) is 2.73. The lowest BCUT2D eigenvalue weighted by Crippen LogP contribution is -2.57. The minimum Gasteiger partial charge on any atom is -0.375 e. The Labute approximate surface area is 446 Å². The minimum absolute atomic E-state index is 0.00321. The van der Waals surface area contributed by atoms with Gasteiger partial charge in [0.25, 0.3) is 0 Å². The predicted molar refractivity (Wildman–Crippen MR) is 319 cm³/mol. The van der Waals surface area contributed by atoms with Crippen LogP contribution in [0.5, 0.6) is 0 Å². The van der Waals surface area contributed by atoms with Gasteiger partial charge in [0.05, 0.1) is 5.69 Å². The molecule has 0 radical (unpaired) electrons. The Kier molecular flexibility index (Phi) is 8.43. The molecule has 2 aliphatic heterocycles. The molecule has 2 aromatic heterocycles. The molecule has 8 aliphatic carbocycles. The van der Waals surface area contributed by atoms with E-state index in [0.717, 1.165) is 35.5 Å². The number of rotatable bonds is 4. The molecule has 10 aromatic rings. The van der Waals surface area contributed by atoms with Crippen LogP contribution in [0.1, 0.15) is 120 Å². The largest absolute Gasteiger partial charge is 0.375 e. The molecule has 2 nitrogen and oxygen atoms in total. The molecule has 4 heterocycles. The number of benzene rings is 8. The number of thiophene rings is 1. The summed E-state index contributed by atoms with van der Waals surface area (Å²) < 4.78 is 5.72. The van der Waals surface area contributed by atoms with Crippen molar-refractivity contribution < 1.29 is 0 Å². The van der Waals surface area contributed by atoms with Crippen molar-refractivity contribution in [3.63, 3.8) is 0 Å². The van der Waals surface area contributed by atoms with Crippen molar-refractivity contribution in [1.82, 2.24) is 4.48 Å². The third kappa shape index (κ3) is 5.88. The van der Waals surface area contributed by atoms with Crippen molar-refractivity contribution in [1.29, 1.82) is 0 Å². The Hall–Kier alpha value is -6.10. The van der Waals surface area contributed by atoms with Gasteiger partial charge in [0.1, 0.15) is 0 Å². The van der Waals surface area contributed by atoms with Crippen LogP contribution < -0.4 is 15.8 Å². The summed E-state index contributed by atoms with van der Waals surface area (Å²) in [5.74, 6) is 5.40. The lowest BCUT2D eigenvalue weighted by Gasteiger charge is -2.57. The molecule has 0 N–H and O–H groups in total. The number of hydrogen-bond acceptors (Lipinski definition) is 2. The number of aromatic nitrogens is 1. The normalized spacial score (nSPS) is 27.7. The number of anilines is 3. The molecule has 4 heteroatoms. The highest BCUT2D eigenvalue weighted by atomic mass is 32.1. The van der Waals surface area contributed by atoms with E-state index in [9.17, 15) is 0 Å². The zero-order valence-electron chi connectivity index (χ0n) is 44.1. The molecule has 8 fully saturated rings. The van der Waals surface area contributed by atoms with Crippen molar-refractivity contribution in [2.75, 3.05) is 4.90 Å². The minimum atomic E-state index is -0.00893. The van der Waals surface area contributed by atoms with Crippen LogP contribution in [-0.4, -0.2) is 11.3 Å². The molecule has 368 valence electrons. The standard InChI is InChI=1S/C71H65BN2S/c1-40-20-57-59-33-52(71-37-44-25-45(38-71)27-46(26-44)39-71)32-58-55-31-51(70-34-41-22-42(35-70)24-43(23-41)36-70)15-18-61(55)74(67(58)59)72-65(57)63(21-40)73(60-17-14-50(69(2,3)4)30-54(60)47-10-6-5-7-11-47)62-19-16-53-56-28-48-12-8-9-13-49(48)29-64(56)75-68(53)66(62)72/h5-21,28-33,41-46H,22-27,34-39H2,1-4H3. The highest BCUT2D eigenvalue weighted by Gasteiger charge is 2.54. The van der Waals surface area contributed by atoms with Crippen molar-refractivity contribution in [3.8, 4) is 22.3 Å². The number of nitrogens with zero attached hydrogens (tertiary/aromatic N) is 2. The summed E-state index contributed by atoms with van der Waals surface area (Å²) in [5.41, 5.74) is 21.8. The van der Waals surface area contributed by atoms with E-state index in [0.29, 0.717) is 5.41 Å². The molecule has 20 rings (SSSR count). The molecular formula is C71H65BN2S. The van der Waals surface area contributed by atoms with E-state index in [-0.39, 0.29) is 17.7 Å². The number of aryl methyl sites for hydroxylation is 1. The molecule has 75 heavy (non-hydrogen) atoms. The van der Waals surface area contributed by atoms with Gasteiger partial charge in [-0.2, -0.15) is 0 Å². The highest BCUT2D eigenvalue weighted by molar-refractivity contribution is 7.27. The lowest BCUT2D eigenvalue weighted by atomic mass is 9.44. The van der Waals surface area contributed by atoms with Crippen LogP contribution >= 0.6 is 11.3 Å². The summed E-state index contributed by atoms with van der Waals surface area (Å²) in [5, 5.41) is 8.42. The molecule has 0 atom stereocenters. The van der Waals surface area contributed by atoms with Crippen LogP contribution in [0.15, 0.2) is 140 Å². The Morgan fingerprint density at radius 2 is 1.12 bits per heavy atom. The third-order valence-corrected chi connectivity index (χ3v) is 23.0. The Balaban J connectivity index is 0.969. The van der Waals surface area contributed by atoms with Gasteiger partial charge in [-0.3, -0.25) is 0 Å². The van der Waals surface area contributed by atoms with Gasteiger partial charge in [-0.1, -0.05) is 99.6 Å². The van der Waals surface area contributed by atoms with Gasteiger partial charge in [-0.25, -0.2) is 0 Å². The van der Waals surface area contributed by atoms with Gasteiger partial charge in [-0.15, -0.1) is 11.3 Å². The molecule has 0 saturated heterocycles. The van der Waals surface area contributed by atoms with Crippen LogP contribution in [0.4, 0.5) is 17.1 Å². The van der Waals surface area contributed by atoms with Crippen LogP contribution in [-0.2, 0) is 16.2 Å². The smallest absolute Gasteiger partial charge is 0.334 e. The van der Waals surface area contributed by atoms with Crippen LogP contribution in [0.2, 0.25) is 0 Å². The van der Waals surface area contributed by atoms with E-state index >= 15 is 0 Å². The van der Waals surface area contributed by atoms with Gasteiger partial charge in [0, 0.05) is 64.5 Å². The molecule has 0 spiro atoms. The van der Waals surface area contributed by atoms with E-state index < -0.39 is 0 Å². The fraction of sp³-hybridized carbons (Fsp3) is 0.352. The van der Waals surface area contributed by atoms with E-state index in [1.165, 1.54) is 191 Å². The highest BCUT2D eigenvalue weighted by Crippen LogP contribution is 2.64. The zero-order chi connectivity index (χ0) is 49.4. The first-order valence-corrected chi connectivity index (χ1v) is 30.0. The van der Waals surface area contributed by atoms with Gasteiger partial charge < -0.3 is 9.38 Å². The second-order valence-electron chi connectivity index (χ2n) is 27.4. The topological polar surface area (TPSA) is 8.17 Å². The van der Waals surface area contributed by atoms with E-state index in [4.69, 9.17) is 0 Å². The Morgan fingerprint density at radius 1 is 0.493 bits per heavy atom. The molecule has 8 bridgehead atoms. The second kappa shape index (κ2) is 14.7. The summed E-state index contributed by atoms with van der Waals surface area (Å²) >= 11 is 2.03. The molecular weight excluding hydrogens is 924 g/mol. The predicted octanol–water partition coefficient (Wildman–Crippen LogP) is 17.9. The molecule has 0 amide bonds. The first kappa shape index (κ1) is 43.1. The Morgan fingerprint density at radius 3 is 1.80 bits per heavy atom. The van der Waals surface area contributed by atoms with E-state index in [2.05, 4.69) is 177 Å². The fourth-order valence-electron chi connectivity index (χ4n) is 19.5. The molecule has 10 aliphatic rings. The average Bonchev–Trinajstić information content (AvgIpc) is 3.97. The lowest BCUT2D eigenvalue weighted by molar-refractivity contribution is -0.00527. The first-order valence-electron chi connectivity index (χ1n) is 29.2. The summed E-state index contributed by atoms with van der Waals surface area (Å²) in [6, 6.07) is 56.5. The molecule has 8 saturated carbocycles. The maximum atomic E-state index is 2.92. The maximum Gasteiger partial charge on any atom is 0.334 e. The SMILES string of the molecule is Cc1cc2c3c(c1)N(c1ccc(C(C)(C)C)cc1-c1ccccc1)c1ccc4c(sc5cc6ccccc6cc54)c1B3n1c3ccc(C45CC6CC(CC(C6)C4)C5)cc3c3cc(C45CC6CC(CC(C6)C4)C5)cc-2c31. The second-order valence-corrected chi connectivity index (χ2v) is 28.5. The summed E-state index contributed by atoms with van der Waals surface area (Å²) in [7, 11) is 0.